The monoisotopic (exact) mass is 239 g/mol. The van der Waals surface area contributed by atoms with Gasteiger partial charge in [0.05, 0.1) is 16.4 Å². The minimum atomic E-state index is -0.528. The molecule has 0 saturated carbocycles. The molecule has 1 heterocycles. The minimum absolute atomic E-state index is 0.244. The van der Waals surface area contributed by atoms with Crippen molar-refractivity contribution in [2.75, 3.05) is 5.01 Å². The molecular weight excluding hydrogens is 230 g/mol. The summed E-state index contributed by atoms with van der Waals surface area (Å²) in [6.45, 7) is 1.69. The van der Waals surface area contributed by atoms with Crippen LogP contribution in [0.4, 0.5) is 11.4 Å². The van der Waals surface area contributed by atoms with Crippen molar-refractivity contribution in [3.63, 3.8) is 0 Å². The zero-order valence-corrected chi connectivity index (χ0v) is 9.28. The number of H-pyrrole nitrogens is 1. The van der Waals surface area contributed by atoms with E-state index in [0.717, 1.165) is 0 Å². The molecule has 6 heteroatoms. The van der Waals surface area contributed by atoms with Gasteiger partial charge >= 0.3 is 5.63 Å². The van der Waals surface area contributed by atoms with Crippen molar-refractivity contribution in [2.24, 2.45) is 5.84 Å². The predicted molar refractivity (Wildman–Crippen MR) is 61.8 cm³/mol. The van der Waals surface area contributed by atoms with E-state index >= 15 is 0 Å². The molecule has 16 heavy (non-hydrogen) atoms. The lowest BCUT2D eigenvalue weighted by Gasteiger charge is -2.17. The SMILES string of the molecule is Cc1[nH]oc(=O)c1N(N)c1ccccc1Cl. The van der Waals surface area contributed by atoms with E-state index in [4.69, 9.17) is 17.4 Å². The predicted octanol–water partition coefficient (Wildman–Crippen LogP) is 1.94. The molecule has 0 aliphatic rings. The van der Waals surface area contributed by atoms with E-state index in [1.807, 2.05) is 0 Å². The third kappa shape index (κ3) is 1.70. The Balaban J connectivity index is 2.51. The number of para-hydroxylation sites is 1. The van der Waals surface area contributed by atoms with E-state index in [1.54, 1.807) is 31.2 Å². The smallest absolute Gasteiger partial charge is 0.336 e. The standard InChI is InChI=1S/C10H10ClN3O2/c1-6-9(10(15)16-13-6)14(12)8-5-3-2-4-7(8)11/h2-5,13H,12H2,1H3. The van der Waals surface area contributed by atoms with Gasteiger partial charge in [0.25, 0.3) is 0 Å². The van der Waals surface area contributed by atoms with Gasteiger partial charge in [-0.05, 0) is 19.1 Å². The van der Waals surface area contributed by atoms with Crippen molar-refractivity contribution in [3.8, 4) is 0 Å². The fourth-order valence-electron chi connectivity index (χ4n) is 1.42. The zero-order chi connectivity index (χ0) is 11.7. The van der Waals surface area contributed by atoms with Gasteiger partial charge in [-0.15, -0.1) is 0 Å². The van der Waals surface area contributed by atoms with Crippen LogP contribution in [0.3, 0.4) is 0 Å². The van der Waals surface area contributed by atoms with Crippen LogP contribution in [0.1, 0.15) is 5.69 Å². The summed E-state index contributed by atoms with van der Waals surface area (Å²) in [7, 11) is 0. The van der Waals surface area contributed by atoms with E-state index in [0.29, 0.717) is 16.4 Å². The lowest BCUT2D eigenvalue weighted by molar-refractivity contribution is 0.387. The van der Waals surface area contributed by atoms with E-state index < -0.39 is 5.63 Å². The van der Waals surface area contributed by atoms with Crippen LogP contribution >= 0.6 is 11.6 Å². The van der Waals surface area contributed by atoms with Gasteiger partial charge in [-0.25, -0.2) is 15.8 Å². The third-order valence-corrected chi connectivity index (χ3v) is 2.52. The fourth-order valence-corrected chi connectivity index (χ4v) is 1.65. The van der Waals surface area contributed by atoms with Crippen molar-refractivity contribution in [1.29, 1.82) is 0 Å². The van der Waals surface area contributed by atoms with Crippen LogP contribution in [0, 0.1) is 6.92 Å². The largest absolute Gasteiger partial charge is 0.382 e. The molecule has 1 aromatic carbocycles. The summed E-state index contributed by atoms with van der Waals surface area (Å²) in [6, 6.07) is 6.98. The summed E-state index contributed by atoms with van der Waals surface area (Å²) < 4.78 is 4.63. The molecule has 0 aliphatic heterocycles. The van der Waals surface area contributed by atoms with Crippen LogP contribution in [0.15, 0.2) is 33.6 Å². The number of aromatic amines is 1. The average Bonchev–Trinajstić information content (AvgIpc) is 2.58. The van der Waals surface area contributed by atoms with Gasteiger partial charge in [0.1, 0.15) is 0 Å². The van der Waals surface area contributed by atoms with Gasteiger partial charge in [0.2, 0.25) is 0 Å². The first-order valence-corrected chi connectivity index (χ1v) is 4.96. The number of hydrogen-bond donors (Lipinski definition) is 2. The second-order valence-corrected chi connectivity index (χ2v) is 3.69. The molecule has 0 atom stereocenters. The average molecular weight is 240 g/mol. The third-order valence-electron chi connectivity index (χ3n) is 2.20. The van der Waals surface area contributed by atoms with Crippen molar-refractivity contribution in [1.82, 2.24) is 5.16 Å². The van der Waals surface area contributed by atoms with Crippen molar-refractivity contribution < 1.29 is 4.52 Å². The number of rotatable bonds is 2. The molecule has 0 fully saturated rings. The van der Waals surface area contributed by atoms with Gasteiger partial charge in [-0.2, -0.15) is 0 Å². The minimum Gasteiger partial charge on any atom is -0.336 e. The molecule has 5 nitrogen and oxygen atoms in total. The van der Waals surface area contributed by atoms with Gasteiger partial charge in [0, 0.05) is 0 Å². The van der Waals surface area contributed by atoms with Crippen LogP contribution < -0.4 is 16.5 Å². The quantitative estimate of drug-likeness (QED) is 0.620. The highest BCUT2D eigenvalue weighted by Gasteiger charge is 2.17. The first-order valence-electron chi connectivity index (χ1n) is 4.58. The van der Waals surface area contributed by atoms with Crippen molar-refractivity contribution in [3.05, 3.63) is 45.4 Å². The Morgan fingerprint density at radius 3 is 2.69 bits per heavy atom. The fraction of sp³-hybridized carbons (Fsp3) is 0.100. The van der Waals surface area contributed by atoms with Gasteiger partial charge < -0.3 is 4.52 Å². The normalized spacial score (nSPS) is 10.4. The summed E-state index contributed by atoms with van der Waals surface area (Å²) in [5.41, 5.74) is 0.805. The molecule has 0 aliphatic carbocycles. The number of aromatic nitrogens is 1. The van der Waals surface area contributed by atoms with E-state index in [2.05, 4.69) is 9.68 Å². The Kier molecular flexibility index (Phi) is 2.72. The molecule has 0 radical (unpaired) electrons. The first kappa shape index (κ1) is 10.8. The maximum atomic E-state index is 11.4. The summed E-state index contributed by atoms with van der Waals surface area (Å²) in [6.07, 6.45) is 0. The van der Waals surface area contributed by atoms with Gasteiger partial charge in [-0.3, -0.25) is 5.01 Å². The number of nitrogens with one attached hydrogen (secondary N) is 1. The second-order valence-electron chi connectivity index (χ2n) is 3.29. The number of halogens is 1. The molecule has 0 bridgehead atoms. The van der Waals surface area contributed by atoms with Crippen molar-refractivity contribution >= 4 is 23.0 Å². The Hall–Kier alpha value is -1.72. The molecule has 0 amide bonds. The highest BCUT2D eigenvalue weighted by Crippen LogP contribution is 2.28. The van der Waals surface area contributed by atoms with Crippen molar-refractivity contribution in [2.45, 2.75) is 6.92 Å². The summed E-state index contributed by atoms with van der Waals surface area (Å²) in [5.74, 6) is 5.83. The number of benzene rings is 1. The maximum absolute atomic E-state index is 11.4. The van der Waals surface area contributed by atoms with E-state index in [1.165, 1.54) is 5.01 Å². The lowest BCUT2D eigenvalue weighted by atomic mass is 10.3. The Morgan fingerprint density at radius 1 is 1.44 bits per heavy atom. The highest BCUT2D eigenvalue weighted by atomic mass is 35.5. The Labute approximate surface area is 96.4 Å². The van der Waals surface area contributed by atoms with Crippen LogP contribution in [0.5, 0.6) is 0 Å². The van der Waals surface area contributed by atoms with Gasteiger partial charge in [0.15, 0.2) is 5.69 Å². The number of anilines is 2. The molecule has 0 spiro atoms. The number of nitrogens with zero attached hydrogens (tertiary/aromatic N) is 1. The highest BCUT2D eigenvalue weighted by molar-refractivity contribution is 6.33. The molecule has 2 rings (SSSR count). The number of aryl methyl sites for hydroxylation is 1. The first-order chi connectivity index (χ1) is 7.61. The number of nitrogens with two attached hydrogens (primary N) is 1. The maximum Gasteiger partial charge on any atom is 0.382 e. The summed E-state index contributed by atoms with van der Waals surface area (Å²) in [4.78, 5) is 11.4. The second kappa shape index (κ2) is 4.03. The topological polar surface area (TPSA) is 75.3 Å². The molecule has 3 N–H and O–H groups in total. The van der Waals surface area contributed by atoms with Crippen LogP contribution in [0.25, 0.3) is 0 Å². The number of hydrazine groups is 1. The molecule has 2 aromatic rings. The summed E-state index contributed by atoms with van der Waals surface area (Å²) >= 11 is 5.98. The van der Waals surface area contributed by atoms with Crippen LogP contribution in [-0.4, -0.2) is 5.16 Å². The molecule has 0 unspecified atom stereocenters. The van der Waals surface area contributed by atoms with E-state index in [-0.39, 0.29) is 5.69 Å². The molecule has 84 valence electrons. The molecular formula is C10H10ClN3O2. The van der Waals surface area contributed by atoms with Crippen LogP contribution in [-0.2, 0) is 0 Å². The Morgan fingerprint density at radius 2 is 2.12 bits per heavy atom. The van der Waals surface area contributed by atoms with E-state index in [9.17, 15) is 4.79 Å². The summed E-state index contributed by atoms with van der Waals surface area (Å²) in [5, 5.41) is 4.13. The molecule has 0 saturated heterocycles. The van der Waals surface area contributed by atoms with Crippen LogP contribution in [0.2, 0.25) is 5.02 Å². The lowest BCUT2D eigenvalue weighted by Crippen LogP contribution is -2.29. The zero-order valence-electron chi connectivity index (χ0n) is 8.53. The van der Waals surface area contributed by atoms with Gasteiger partial charge in [-0.1, -0.05) is 23.7 Å². The molecule has 1 aromatic heterocycles. The Bertz CT molecular complexity index is 561. The number of hydrogen-bond acceptors (Lipinski definition) is 4.